The number of nitrogens with two attached hydrogens (primary N) is 1. The van der Waals surface area contributed by atoms with Crippen LogP contribution in [0.3, 0.4) is 0 Å². The summed E-state index contributed by atoms with van der Waals surface area (Å²) >= 11 is 6.18. The minimum absolute atomic E-state index is 0.00320. The first-order valence-electron chi connectivity index (χ1n) is 13.3. The number of alkyl halides is 2. The average Bonchev–Trinajstić information content (AvgIpc) is 3.35. The number of aliphatic imine (C=N–C) groups is 1. The fourth-order valence-corrected chi connectivity index (χ4v) is 4.99. The van der Waals surface area contributed by atoms with Gasteiger partial charge in [-0.05, 0) is 44.2 Å². The lowest BCUT2D eigenvalue weighted by atomic mass is 10.0. The highest BCUT2D eigenvalue weighted by Gasteiger charge is 2.27. The number of halogens is 3. The lowest BCUT2D eigenvalue weighted by Crippen LogP contribution is -2.47. The number of amidine groups is 1. The van der Waals surface area contributed by atoms with E-state index in [0.717, 1.165) is 12.8 Å². The molecule has 2 amide bonds. The number of hydrogen-bond acceptors (Lipinski definition) is 9. The molecular weight excluding hydrogens is 588 g/mol. The summed E-state index contributed by atoms with van der Waals surface area (Å²) in [7, 11) is 1.93. The molecule has 1 fully saturated rings. The zero-order valence-electron chi connectivity index (χ0n) is 23.3. The number of amides is 2. The number of hydrogen-bond donors (Lipinski definition) is 5. The van der Waals surface area contributed by atoms with Gasteiger partial charge in [0.15, 0.2) is 0 Å². The molecule has 43 heavy (non-hydrogen) atoms. The zero-order valence-corrected chi connectivity index (χ0v) is 24.0. The summed E-state index contributed by atoms with van der Waals surface area (Å²) in [6, 6.07) is 4.20. The van der Waals surface area contributed by atoms with Crippen LogP contribution in [0, 0.1) is 5.41 Å². The Morgan fingerprint density at radius 1 is 1.35 bits per heavy atom. The number of allylic oxidation sites excluding steroid dienone is 1. The topological polar surface area (TPSA) is 174 Å². The van der Waals surface area contributed by atoms with Gasteiger partial charge in [0.1, 0.15) is 35.2 Å². The maximum absolute atomic E-state index is 13.3. The minimum atomic E-state index is -3.15. The van der Waals surface area contributed by atoms with E-state index in [2.05, 4.69) is 30.4 Å². The van der Waals surface area contributed by atoms with Crippen LogP contribution in [0.5, 0.6) is 5.75 Å². The highest BCUT2D eigenvalue weighted by Crippen LogP contribution is 2.37. The summed E-state index contributed by atoms with van der Waals surface area (Å²) in [5.74, 6) is -1.87. The largest absolute Gasteiger partial charge is 0.434 e. The van der Waals surface area contributed by atoms with Crippen molar-refractivity contribution >= 4 is 41.2 Å². The van der Waals surface area contributed by atoms with Crippen LogP contribution in [0.25, 0.3) is 11.3 Å². The van der Waals surface area contributed by atoms with Gasteiger partial charge in [0.2, 0.25) is 5.91 Å². The van der Waals surface area contributed by atoms with E-state index in [1.54, 1.807) is 11.0 Å². The number of likely N-dealkylation sites (tertiary alicyclic amines) is 1. The Bertz CT molecular complexity index is 1450. The molecule has 0 saturated carbocycles. The number of anilines is 1. The van der Waals surface area contributed by atoms with E-state index < -0.39 is 18.4 Å². The van der Waals surface area contributed by atoms with Gasteiger partial charge in [0.05, 0.1) is 12.3 Å². The van der Waals surface area contributed by atoms with E-state index in [9.17, 15) is 23.5 Å². The van der Waals surface area contributed by atoms with Gasteiger partial charge in [-0.15, -0.1) is 0 Å². The van der Waals surface area contributed by atoms with Gasteiger partial charge in [-0.3, -0.25) is 19.7 Å². The van der Waals surface area contributed by atoms with Crippen molar-refractivity contribution < 1.29 is 28.2 Å². The average molecular weight is 620 g/mol. The summed E-state index contributed by atoms with van der Waals surface area (Å²) in [6.07, 6.45) is 7.33. The number of piperidine rings is 1. The summed E-state index contributed by atoms with van der Waals surface area (Å²) in [5, 5.41) is 27.1. The van der Waals surface area contributed by atoms with E-state index in [1.165, 1.54) is 41.5 Å². The molecule has 0 atom stereocenters. The Labute approximate surface area is 251 Å². The van der Waals surface area contributed by atoms with Crippen LogP contribution < -0.4 is 21.1 Å². The Hall–Kier alpha value is -4.34. The molecule has 0 unspecified atom stereocenters. The van der Waals surface area contributed by atoms with E-state index in [-0.39, 0.29) is 64.2 Å². The number of ether oxygens (including phenoxy) is 1. The predicted octanol–water partition coefficient (Wildman–Crippen LogP) is 1.99. The number of nitrogens with zero attached hydrogens (tertiary/aromatic N) is 5. The smallest absolute Gasteiger partial charge is 0.387 e. The van der Waals surface area contributed by atoms with Crippen molar-refractivity contribution in [1.29, 1.82) is 5.41 Å². The van der Waals surface area contributed by atoms with Crippen LogP contribution in [-0.2, 0) is 16.1 Å². The lowest BCUT2D eigenvalue weighted by molar-refractivity contribution is -0.133. The van der Waals surface area contributed by atoms with E-state index in [1.807, 2.05) is 7.05 Å². The molecule has 1 aromatic carbocycles. The third-order valence-electron chi connectivity index (χ3n) is 6.95. The predicted molar refractivity (Wildman–Crippen MR) is 157 cm³/mol. The second-order valence-electron chi connectivity index (χ2n) is 9.80. The van der Waals surface area contributed by atoms with Crippen molar-refractivity contribution in [2.45, 2.75) is 32.0 Å². The van der Waals surface area contributed by atoms with Crippen LogP contribution in [0.1, 0.15) is 12.8 Å². The summed E-state index contributed by atoms with van der Waals surface area (Å²) in [6.45, 7) is -1.74. The molecule has 13 nitrogen and oxygen atoms in total. The Kier molecular flexibility index (Phi) is 10.4. The van der Waals surface area contributed by atoms with Gasteiger partial charge in [-0.2, -0.15) is 13.9 Å². The van der Waals surface area contributed by atoms with Crippen molar-refractivity contribution in [3.8, 4) is 17.0 Å². The van der Waals surface area contributed by atoms with Crippen LogP contribution in [0.2, 0.25) is 5.02 Å². The monoisotopic (exact) mass is 619 g/mol. The normalized spacial score (nSPS) is 16.4. The number of nitrogens with one attached hydrogen (secondary N) is 3. The number of benzene rings is 1. The van der Waals surface area contributed by atoms with Gasteiger partial charge < -0.3 is 36.0 Å². The van der Waals surface area contributed by atoms with Gasteiger partial charge in [0, 0.05) is 54.9 Å². The zero-order chi connectivity index (χ0) is 31.1. The Morgan fingerprint density at radius 2 is 2.09 bits per heavy atom. The van der Waals surface area contributed by atoms with Crippen LogP contribution in [0.4, 0.5) is 14.5 Å². The molecule has 2 aromatic rings. The maximum atomic E-state index is 13.3. The first kappa shape index (κ1) is 31.6. The summed E-state index contributed by atoms with van der Waals surface area (Å²) in [5.41, 5.74) is 5.47. The number of aliphatic hydroxyl groups excluding tert-OH is 1. The third kappa shape index (κ3) is 7.94. The molecule has 0 bridgehead atoms. The van der Waals surface area contributed by atoms with Crippen molar-refractivity contribution in [3.63, 3.8) is 0 Å². The molecule has 0 spiro atoms. The first-order chi connectivity index (χ1) is 20.6. The lowest BCUT2D eigenvalue weighted by Gasteiger charge is -2.36. The number of likely N-dealkylation sites (N-methyl/N-ethyl adjacent to an activating group) is 1. The van der Waals surface area contributed by atoms with Gasteiger partial charge >= 0.3 is 6.61 Å². The molecule has 230 valence electrons. The van der Waals surface area contributed by atoms with Gasteiger partial charge in [-0.1, -0.05) is 11.6 Å². The van der Waals surface area contributed by atoms with Crippen LogP contribution in [-0.4, -0.2) is 94.5 Å². The third-order valence-corrected chi connectivity index (χ3v) is 7.19. The second-order valence-corrected chi connectivity index (χ2v) is 10.2. The first-order valence-corrected chi connectivity index (χ1v) is 13.7. The Balaban J connectivity index is 1.64. The molecule has 6 N–H and O–H groups in total. The van der Waals surface area contributed by atoms with Gasteiger partial charge in [0.25, 0.3) is 5.91 Å². The molecule has 0 aliphatic carbocycles. The van der Waals surface area contributed by atoms with Crippen molar-refractivity contribution in [2.24, 2.45) is 10.7 Å². The van der Waals surface area contributed by atoms with Crippen LogP contribution >= 0.6 is 11.6 Å². The van der Waals surface area contributed by atoms with E-state index in [4.69, 9.17) is 22.7 Å². The van der Waals surface area contributed by atoms with Crippen molar-refractivity contribution in [1.82, 2.24) is 24.9 Å². The van der Waals surface area contributed by atoms with E-state index >= 15 is 0 Å². The minimum Gasteiger partial charge on any atom is -0.434 e. The number of aliphatic hydroxyl groups is 1. The Morgan fingerprint density at radius 3 is 2.72 bits per heavy atom. The number of carbonyl (C=O) groups excluding carboxylic acids is 2. The summed E-state index contributed by atoms with van der Waals surface area (Å²) < 4.78 is 32.5. The standard InChI is InChI=1S/C27H32ClF2N9O4/c1-37(11-12-40)17-5-9-38(10-6-17)21(41)15-39-14-19(35-26(42)22(24(31)32)25-33-7-2-8-34-25)23(36-39)18-13-16(28)3-4-20(18)43-27(29)30/h2-4,7-8,13-14,17,27,33,40H,5-6,9-12,15H2,1H3,(H3,31,32)(H,35,42)/b25-22-. The molecule has 1 aromatic heterocycles. The summed E-state index contributed by atoms with van der Waals surface area (Å²) in [4.78, 5) is 34.4. The molecule has 16 heteroatoms. The fourth-order valence-electron chi connectivity index (χ4n) is 4.82. The van der Waals surface area contributed by atoms with Crippen LogP contribution in [0.15, 0.2) is 53.1 Å². The molecule has 2 aliphatic heterocycles. The molecule has 4 rings (SSSR count). The highest BCUT2D eigenvalue weighted by atomic mass is 35.5. The molecule has 0 radical (unpaired) electrons. The van der Waals surface area contributed by atoms with Crippen molar-refractivity contribution in [2.75, 3.05) is 38.6 Å². The number of aromatic nitrogens is 2. The van der Waals surface area contributed by atoms with E-state index in [0.29, 0.717) is 19.6 Å². The second kappa shape index (κ2) is 14.2. The molecule has 3 heterocycles. The number of rotatable bonds is 11. The van der Waals surface area contributed by atoms with Crippen molar-refractivity contribution in [3.05, 3.63) is 53.1 Å². The fraction of sp³-hybridized carbons (Fsp3) is 0.370. The quantitative estimate of drug-likeness (QED) is 0.144. The maximum Gasteiger partial charge on any atom is 0.387 e. The molecule has 1 saturated heterocycles. The SMILES string of the molecule is CN(CCO)C1CCN(C(=O)Cn2cc(NC(=O)/C(C(=N)N)=C3\N=CC=CN3)c(-c3cc(Cl)ccc3OC(F)F)n2)CC1. The highest BCUT2D eigenvalue weighted by molar-refractivity contribution is 6.31. The molecular formula is C27H32ClF2N9O4. The van der Waals surface area contributed by atoms with Gasteiger partial charge in [-0.25, -0.2) is 4.99 Å². The molecule has 2 aliphatic rings. The number of carbonyl (C=O) groups is 2.